The highest BCUT2D eigenvalue weighted by Gasteiger charge is 2.23. The van der Waals surface area contributed by atoms with Crippen LogP contribution in [0, 0.1) is 0 Å². The van der Waals surface area contributed by atoms with Gasteiger partial charge < -0.3 is 4.74 Å². The van der Waals surface area contributed by atoms with Crippen LogP contribution in [-0.2, 0) is 16.0 Å². The highest BCUT2D eigenvalue weighted by molar-refractivity contribution is 5.76. The van der Waals surface area contributed by atoms with E-state index in [1.165, 1.54) is 0 Å². The lowest BCUT2D eigenvalue weighted by molar-refractivity contribution is -0.145. The van der Waals surface area contributed by atoms with Crippen LogP contribution in [0.2, 0.25) is 0 Å². The Kier molecular flexibility index (Phi) is 7.79. The number of rotatable bonds is 9. The van der Waals surface area contributed by atoms with Crippen LogP contribution >= 0.6 is 0 Å². The summed E-state index contributed by atoms with van der Waals surface area (Å²) in [4.78, 5) is 12.7. The quantitative estimate of drug-likeness (QED) is 0.514. The van der Waals surface area contributed by atoms with E-state index in [9.17, 15) is 4.79 Å². The molecule has 0 amide bonds. The van der Waals surface area contributed by atoms with Gasteiger partial charge in [-0.1, -0.05) is 103 Å². The fourth-order valence-electron chi connectivity index (χ4n) is 3.21. The fourth-order valence-corrected chi connectivity index (χ4v) is 3.21. The van der Waals surface area contributed by atoms with Crippen molar-refractivity contribution in [2.45, 2.75) is 25.4 Å². The monoisotopic (exact) mass is 385 g/mol. The topological polar surface area (TPSA) is 38.3 Å². The lowest BCUT2D eigenvalue weighted by Gasteiger charge is -2.23. The van der Waals surface area contributed by atoms with Crippen LogP contribution in [0.3, 0.4) is 0 Å². The molecule has 1 N–H and O–H groups in total. The van der Waals surface area contributed by atoms with E-state index in [-0.39, 0.29) is 12.0 Å². The molecular formula is C26H27NO2. The smallest absolute Gasteiger partial charge is 0.323 e. The lowest BCUT2D eigenvalue weighted by atomic mass is 10.0. The van der Waals surface area contributed by atoms with Gasteiger partial charge in [0.05, 0.1) is 12.6 Å². The van der Waals surface area contributed by atoms with E-state index in [0.717, 1.165) is 16.7 Å². The number of hydrogen-bond acceptors (Lipinski definition) is 3. The first kappa shape index (κ1) is 20.6. The largest absolute Gasteiger partial charge is 0.465 e. The number of nitrogens with one attached hydrogen (secondary N) is 1. The zero-order valence-electron chi connectivity index (χ0n) is 16.7. The van der Waals surface area contributed by atoms with E-state index < -0.39 is 6.04 Å². The first-order valence-corrected chi connectivity index (χ1v) is 10.0. The number of carbonyl (C=O) groups excluding carboxylic acids is 1. The summed E-state index contributed by atoms with van der Waals surface area (Å²) >= 11 is 0. The Labute approximate surface area is 173 Å². The van der Waals surface area contributed by atoms with Crippen molar-refractivity contribution in [3.63, 3.8) is 0 Å². The molecule has 0 aliphatic heterocycles. The van der Waals surface area contributed by atoms with Gasteiger partial charge in [-0.15, -0.1) is 0 Å². The Balaban J connectivity index is 1.85. The van der Waals surface area contributed by atoms with Crippen molar-refractivity contribution in [3.05, 3.63) is 114 Å². The SMILES string of the molecule is CCOC(=O)C(Cc1ccccc1)NC(/C=C/c1ccccc1)c1ccccc1. The molecule has 3 aromatic carbocycles. The Morgan fingerprint density at radius 1 is 0.897 bits per heavy atom. The van der Waals surface area contributed by atoms with Gasteiger partial charge in [-0.3, -0.25) is 10.1 Å². The fraction of sp³-hybridized carbons (Fsp3) is 0.192. The molecule has 3 nitrogen and oxygen atoms in total. The molecule has 148 valence electrons. The van der Waals surface area contributed by atoms with E-state index in [1.807, 2.05) is 73.7 Å². The minimum absolute atomic E-state index is 0.116. The maximum absolute atomic E-state index is 12.7. The van der Waals surface area contributed by atoms with Crippen LogP contribution in [-0.4, -0.2) is 18.6 Å². The summed E-state index contributed by atoms with van der Waals surface area (Å²) < 4.78 is 5.35. The molecule has 0 heterocycles. The molecule has 3 aromatic rings. The molecule has 0 aliphatic rings. The average molecular weight is 386 g/mol. The summed E-state index contributed by atoms with van der Waals surface area (Å²) in [6, 6.07) is 29.8. The number of esters is 1. The van der Waals surface area contributed by atoms with Crippen LogP contribution in [0.1, 0.15) is 29.7 Å². The van der Waals surface area contributed by atoms with E-state index in [4.69, 9.17) is 4.74 Å². The van der Waals surface area contributed by atoms with Gasteiger partial charge in [0, 0.05) is 0 Å². The molecule has 0 saturated heterocycles. The van der Waals surface area contributed by atoms with Gasteiger partial charge in [0.15, 0.2) is 0 Å². The molecule has 29 heavy (non-hydrogen) atoms. The molecular weight excluding hydrogens is 358 g/mol. The maximum Gasteiger partial charge on any atom is 0.323 e. The van der Waals surface area contributed by atoms with Crippen molar-refractivity contribution < 1.29 is 9.53 Å². The number of carbonyl (C=O) groups is 1. The molecule has 2 unspecified atom stereocenters. The summed E-state index contributed by atoms with van der Waals surface area (Å²) in [5.74, 6) is -0.231. The third-order valence-electron chi connectivity index (χ3n) is 4.67. The maximum atomic E-state index is 12.7. The van der Waals surface area contributed by atoms with Crippen LogP contribution < -0.4 is 5.32 Å². The van der Waals surface area contributed by atoms with Crippen LogP contribution in [0.4, 0.5) is 0 Å². The Morgan fingerprint density at radius 3 is 2.10 bits per heavy atom. The zero-order valence-corrected chi connectivity index (χ0v) is 16.7. The summed E-state index contributed by atoms with van der Waals surface area (Å²) in [6.07, 6.45) is 4.75. The Hall–Kier alpha value is -3.17. The van der Waals surface area contributed by atoms with Crippen LogP contribution in [0.25, 0.3) is 6.08 Å². The van der Waals surface area contributed by atoms with Crippen LogP contribution in [0.5, 0.6) is 0 Å². The molecule has 2 atom stereocenters. The highest BCUT2D eigenvalue weighted by atomic mass is 16.5. The number of ether oxygens (including phenoxy) is 1. The van der Waals surface area contributed by atoms with Crippen molar-refractivity contribution in [2.75, 3.05) is 6.61 Å². The van der Waals surface area contributed by atoms with Crippen molar-refractivity contribution in [3.8, 4) is 0 Å². The number of hydrogen-bond donors (Lipinski definition) is 1. The van der Waals surface area contributed by atoms with Gasteiger partial charge in [0.25, 0.3) is 0 Å². The standard InChI is InChI=1S/C26H27NO2/c1-2-29-26(28)25(20-22-14-8-4-9-15-22)27-24(23-16-10-5-11-17-23)19-18-21-12-6-3-7-13-21/h3-19,24-25,27H,2,20H2,1H3/b19-18+. The highest BCUT2D eigenvalue weighted by Crippen LogP contribution is 2.18. The predicted molar refractivity (Wildman–Crippen MR) is 118 cm³/mol. The molecule has 0 radical (unpaired) electrons. The third-order valence-corrected chi connectivity index (χ3v) is 4.67. The molecule has 3 rings (SSSR count). The lowest BCUT2D eigenvalue weighted by Crippen LogP contribution is -2.41. The summed E-state index contributed by atoms with van der Waals surface area (Å²) in [5, 5.41) is 3.51. The van der Waals surface area contributed by atoms with Crippen LogP contribution in [0.15, 0.2) is 97.1 Å². The second-order valence-corrected chi connectivity index (χ2v) is 6.82. The van der Waals surface area contributed by atoms with Gasteiger partial charge >= 0.3 is 5.97 Å². The molecule has 0 fully saturated rings. The summed E-state index contributed by atoms with van der Waals surface area (Å²) in [7, 11) is 0. The molecule has 0 spiro atoms. The van der Waals surface area contributed by atoms with Crippen molar-refractivity contribution in [2.24, 2.45) is 0 Å². The first-order chi connectivity index (χ1) is 14.3. The number of benzene rings is 3. The zero-order chi connectivity index (χ0) is 20.3. The minimum atomic E-state index is -0.442. The van der Waals surface area contributed by atoms with Gasteiger partial charge in [0.1, 0.15) is 6.04 Å². The van der Waals surface area contributed by atoms with E-state index in [2.05, 4.69) is 41.7 Å². The molecule has 0 saturated carbocycles. The van der Waals surface area contributed by atoms with E-state index in [0.29, 0.717) is 13.0 Å². The van der Waals surface area contributed by atoms with Crippen molar-refractivity contribution >= 4 is 12.0 Å². The second kappa shape index (κ2) is 11.0. The van der Waals surface area contributed by atoms with Gasteiger partial charge in [0.2, 0.25) is 0 Å². The third kappa shape index (κ3) is 6.44. The van der Waals surface area contributed by atoms with Crippen molar-refractivity contribution in [1.29, 1.82) is 0 Å². The molecule has 3 heteroatoms. The van der Waals surface area contributed by atoms with Gasteiger partial charge in [-0.25, -0.2) is 0 Å². The summed E-state index contributed by atoms with van der Waals surface area (Å²) in [5.41, 5.74) is 3.31. The van der Waals surface area contributed by atoms with Crippen molar-refractivity contribution in [1.82, 2.24) is 5.32 Å². The van der Waals surface area contributed by atoms with E-state index in [1.54, 1.807) is 0 Å². The molecule has 0 aliphatic carbocycles. The summed E-state index contributed by atoms with van der Waals surface area (Å²) in [6.45, 7) is 2.20. The van der Waals surface area contributed by atoms with Gasteiger partial charge in [-0.05, 0) is 30.0 Å². The minimum Gasteiger partial charge on any atom is -0.465 e. The molecule has 0 bridgehead atoms. The normalized spacial score (nSPS) is 13.1. The molecule has 0 aromatic heterocycles. The average Bonchev–Trinajstić information content (AvgIpc) is 2.78. The first-order valence-electron chi connectivity index (χ1n) is 10.0. The second-order valence-electron chi connectivity index (χ2n) is 6.82. The van der Waals surface area contributed by atoms with Gasteiger partial charge in [-0.2, -0.15) is 0 Å². The predicted octanol–water partition coefficient (Wildman–Crippen LogP) is 5.21. The Bertz CT molecular complexity index is 892. The van der Waals surface area contributed by atoms with E-state index >= 15 is 0 Å². The Morgan fingerprint density at radius 2 is 1.48 bits per heavy atom.